The fourth-order valence-corrected chi connectivity index (χ4v) is 4.18. The zero-order chi connectivity index (χ0) is 19.2. The van der Waals surface area contributed by atoms with Gasteiger partial charge in [0.2, 0.25) is 11.8 Å². The first-order chi connectivity index (χ1) is 13.0. The maximum Gasteiger partial charge on any atom is 0.227 e. The lowest BCUT2D eigenvalue weighted by atomic mass is 9.84. The van der Waals surface area contributed by atoms with Crippen molar-refractivity contribution in [1.82, 2.24) is 15.1 Å². The van der Waals surface area contributed by atoms with Gasteiger partial charge in [-0.05, 0) is 50.3 Å². The Balaban J connectivity index is 1.42. The van der Waals surface area contributed by atoms with Crippen LogP contribution in [0.15, 0.2) is 24.3 Å². The van der Waals surface area contributed by atoms with Gasteiger partial charge in [0.1, 0.15) is 0 Å². The molecule has 148 valence electrons. The van der Waals surface area contributed by atoms with E-state index in [0.717, 1.165) is 18.7 Å². The molecular formula is C22H33N3O2. The first-order valence-electron chi connectivity index (χ1n) is 10.3. The number of amides is 2. The topological polar surface area (TPSA) is 52.7 Å². The van der Waals surface area contributed by atoms with Gasteiger partial charge < -0.3 is 15.1 Å². The molecule has 0 aromatic heterocycles. The van der Waals surface area contributed by atoms with Gasteiger partial charge in [-0.25, -0.2) is 0 Å². The number of nitrogens with one attached hydrogen (secondary N) is 1. The Hall–Kier alpha value is -1.88. The molecule has 2 aliphatic heterocycles. The number of aryl methyl sites for hydroxylation is 1. The third-order valence-corrected chi connectivity index (χ3v) is 6.15. The van der Waals surface area contributed by atoms with E-state index in [1.165, 1.54) is 18.4 Å². The van der Waals surface area contributed by atoms with Crippen LogP contribution in [0.4, 0.5) is 0 Å². The first kappa shape index (κ1) is 19.9. The first-order valence-corrected chi connectivity index (χ1v) is 10.3. The fourth-order valence-electron chi connectivity index (χ4n) is 4.18. The van der Waals surface area contributed by atoms with Crippen molar-refractivity contribution in [3.63, 3.8) is 0 Å². The zero-order valence-electron chi connectivity index (χ0n) is 16.7. The Kier molecular flexibility index (Phi) is 6.89. The van der Waals surface area contributed by atoms with Gasteiger partial charge in [0.05, 0.1) is 6.42 Å². The van der Waals surface area contributed by atoms with Gasteiger partial charge in [-0.15, -0.1) is 0 Å². The second-order valence-electron chi connectivity index (χ2n) is 8.19. The van der Waals surface area contributed by atoms with Gasteiger partial charge in [0, 0.05) is 32.6 Å². The summed E-state index contributed by atoms with van der Waals surface area (Å²) in [5.41, 5.74) is 2.26. The van der Waals surface area contributed by atoms with Crippen molar-refractivity contribution in [2.45, 2.75) is 39.5 Å². The van der Waals surface area contributed by atoms with E-state index in [1.54, 1.807) is 0 Å². The van der Waals surface area contributed by atoms with Crippen LogP contribution < -0.4 is 5.32 Å². The number of piperidine rings is 1. The van der Waals surface area contributed by atoms with Crippen LogP contribution in [0.1, 0.15) is 37.3 Å². The standard InChI is InChI=1S/C22H33N3O2/c1-17-3-5-19(6-4-17)16-22(27)25-13-11-24(12-14-25)21(26)15-18(2)20-7-9-23-10-8-20/h3-6,18,20,23H,7-16H2,1-2H3. The van der Waals surface area contributed by atoms with E-state index in [9.17, 15) is 9.59 Å². The number of carbonyl (C=O) groups excluding carboxylic acids is 2. The second-order valence-corrected chi connectivity index (χ2v) is 8.19. The third-order valence-electron chi connectivity index (χ3n) is 6.15. The third kappa shape index (κ3) is 5.55. The summed E-state index contributed by atoms with van der Waals surface area (Å²) < 4.78 is 0. The van der Waals surface area contributed by atoms with Crippen molar-refractivity contribution < 1.29 is 9.59 Å². The molecule has 0 radical (unpaired) electrons. The molecule has 0 saturated carbocycles. The van der Waals surface area contributed by atoms with Crippen molar-refractivity contribution in [1.29, 1.82) is 0 Å². The molecule has 27 heavy (non-hydrogen) atoms. The molecule has 5 nitrogen and oxygen atoms in total. The van der Waals surface area contributed by atoms with E-state index < -0.39 is 0 Å². The van der Waals surface area contributed by atoms with Crippen LogP contribution in [0.5, 0.6) is 0 Å². The number of nitrogens with zero attached hydrogens (tertiary/aromatic N) is 2. The van der Waals surface area contributed by atoms with Crippen molar-refractivity contribution in [2.75, 3.05) is 39.3 Å². The fraction of sp³-hybridized carbons (Fsp3) is 0.636. The summed E-state index contributed by atoms with van der Waals surface area (Å²) >= 11 is 0. The lowest BCUT2D eigenvalue weighted by molar-refractivity contribution is -0.140. The Morgan fingerprint density at radius 3 is 2.15 bits per heavy atom. The van der Waals surface area contributed by atoms with Crippen LogP contribution in [0.25, 0.3) is 0 Å². The lowest BCUT2D eigenvalue weighted by Crippen LogP contribution is -2.51. The summed E-state index contributed by atoms with van der Waals surface area (Å²) in [5.74, 6) is 1.52. The highest BCUT2D eigenvalue weighted by molar-refractivity contribution is 5.80. The Morgan fingerprint density at radius 2 is 1.56 bits per heavy atom. The number of carbonyl (C=O) groups is 2. The van der Waals surface area contributed by atoms with Crippen LogP contribution >= 0.6 is 0 Å². The highest BCUT2D eigenvalue weighted by Gasteiger charge is 2.27. The summed E-state index contributed by atoms with van der Waals surface area (Å²) in [5, 5.41) is 3.39. The highest BCUT2D eigenvalue weighted by Crippen LogP contribution is 2.25. The van der Waals surface area contributed by atoms with Crippen LogP contribution in [0.3, 0.4) is 0 Å². The highest BCUT2D eigenvalue weighted by atomic mass is 16.2. The molecule has 0 bridgehead atoms. The van der Waals surface area contributed by atoms with E-state index in [4.69, 9.17) is 0 Å². The van der Waals surface area contributed by atoms with E-state index in [0.29, 0.717) is 50.9 Å². The molecule has 0 spiro atoms. The van der Waals surface area contributed by atoms with Crippen LogP contribution in [-0.4, -0.2) is 60.9 Å². The van der Waals surface area contributed by atoms with Crippen LogP contribution in [-0.2, 0) is 16.0 Å². The van der Waals surface area contributed by atoms with Crippen molar-refractivity contribution >= 4 is 11.8 Å². The van der Waals surface area contributed by atoms with Crippen molar-refractivity contribution in [2.24, 2.45) is 11.8 Å². The van der Waals surface area contributed by atoms with Crippen LogP contribution in [0, 0.1) is 18.8 Å². The van der Waals surface area contributed by atoms with Gasteiger partial charge in [-0.2, -0.15) is 0 Å². The smallest absolute Gasteiger partial charge is 0.227 e. The number of benzene rings is 1. The maximum absolute atomic E-state index is 12.7. The Bertz CT molecular complexity index is 629. The predicted octanol–water partition coefficient (Wildman–Crippen LogP) is 2.23. The normalized spacial score (nSPS) is 19.8. The van der Waals surface area contributed by atoms with Gasteiger partial charge >= 0.3 is 0 Å². The average molecular weight is 372 g/mol. The number of rotatable bonds is 5. The quantitative estimate of drug-likeness (QED) is 0.864. The minimum absolute atomic E-state index is 0.161. The molecule has 2 heterocycles. The van der Waals surface area contributed by atoms with Gasteiger partial charge in [-0.3, -0.25) is 9.59 Å². The Labute approximate surface area is 163 Å². The largest absolute Gasteiger partial charge is 0.339 e. The Morgan fingerprint density at radius 1 is 1.00 bits per heavy atom. The van der Waals surface area contributed by atoms with Crippen molar-refractivity contribution in [3.05, 3.63) is 35.4 Å². The molecule has 2 amide bonds. The average Bonchev–Trinajstić information content (AvgIpc) is 2.70. The van der Waals surface area contributed by atoms with Crippen molar-refractivity contribution in [3.8, 4) is 0 Å². The molecule has 0 aliphatic carbocycles. The summed E-state index contributed by atoms with van der Waals surface area (Å²) in [7, 11) is 0. The molecule has 3 rings (SSSR count). The van der Waals surface area contributed by atoms with E-state index in [1.807, 2.05) is 41.0 Å². The lowest BCUT2D eigenvalue weighted by Gasteiger charge is -2.36. The monoisotopic (exact) mass is 371 g/mol. The van der Waals surface area contributed by atoms with Gasteiger partial charge in [0.15, 0.2) is 0 Å². The van der Waals surface area contributed by atoms with E-state index in [-0.39, 0.29) is 11.8 Å². The molecule has 1 N–H and O–H groups in total. The molecule has 1 unspecified atom stereocenters. The molecule has 2 fully saturated rings. The molecule has 2 aliphatic rings. The number of piperazine rings is 1. The van der Waals surface area contributed by atoms with Crippen LogP contribution in [0.2, 0.25) is 0 Å². The summed E-state index contributed by atoms with van der Waals surface area (Å²) in [6, 6.07) is 8.13. The molecule has 1 aromatic carbocycles. The maximum atomic E-state index is 12.7. The SMILES string of the molecule is Cc1ccc(CC(=O)N2CCN(C(=O)CC(C)C3CCNCC3)CC2)cc1. The molecule has 2 saturated heterocycles. The van der Waals surface area contributed by atoms with Gasteiger partial charge in [-0.1, -0.05) is 36.8 Å². The number of hydrogen-bond acceptors (Lipinski definition) is 3. The van der Waals surface area contributed by atoms with E-state index >= 15 is 0 Å². The predicted molar refractivity (Wildman–Crippen MR) is 107 cm³/mol. The minimum Gasteiger partial charge on any atom is -0.339 e. The van der Waals surface area contributed by atoms with Gasteiger partial charge in [0.25, 0.3) is 0 Å². The second kappa shape index (κ2) is 9.36. The summed E-state index contributed by atoms with van der Waals surface area (Å²) in [6.45, 7) is 9.05. The number of hydrogen-bond donors (Lipinski definition) is 1. The summed E-state index contributed by atoms with van der Waals surface area (Å²) in [6.07, 6.45) is 3.44. The molecular weight excluding hydrogens is 338 g/mol. The summed E-state index contributed by atoms with van der Waals surface area (Å²) in [4.78, 5) is 29.0. The molecule has 1 aromatic rings. The minimum atomic E-state index is 0.161. The molecule has 1 atom stereocenters. The van der Waals surface area contributed by atoms with E-state index in [2.05, 4.69) is 12.2 Å². The zero-order valence-corrected chi connectivity index (χ0v) is 16.7. The molecule has 5 heteroatoms.